The van der Waals surface area contributed by atoms with Crippen molar-refractivity contribution in [2.45, 2.75) is 45.4 Å². The van der Waals surface area contributed by atoms with Crippen LogP contribution in [0, 0.1) is 5.92 Å². The molecule has 4 aromatic rings. The van der Waals surface area contributed by atoms with Gasteiger partial charge in [-0.3, -0.25) is 19.6 Å². The van der Waals surface area contributed by atoms with Gasteiger partial charge in [-0.15, -0.1) is 0 Å². The van der Waals surface area contributed by atoms with Crippen molar-refractivity contribution in [1.29, 1.82) is 0 Å². The van der Waals surface area contributed by atoms with Gasteiger partial charge in [0.2, 0.25) is 0 Å². The fourth-order valence-electron chi connectivity index (χ4n) is 4.97. The van der Waals surface area contributed by atoms with E-state index in [-0.39, 0.29) is 11.7 Å². The third-order valence-corrected chi connectivity index (χ3v) is 7.48. The second-order valence-corrected chi connectivity index (χ2v) is 10.5. The number of fused-ring (bicyclic) bond motifs is 1. The second kappa shape index (κ2) is 11.8. The van der Waals surface area contributed by atoms with Gasteiger partial charge in [0.15, 0.2) is 5.78 Å². The molecule has 2 aromatic carbocycles. The maximum Gasteiger partial charge on any atom is 0.272 e. The number of methoxy groups -OCH3 is 1. The second-order valence-electron chi connectivity index (χ2n) is 10.5. The summed E-state index contributed by atoms with van der Waals surface area (Å²) in [4.78, 5) is 37.0. The van der Waals surface area contributed by atoms with E-state index in [0.29, 0.717) is 42.3 Å². The molecule has 1 fully saturated rings. The highest BCUT2D eigenvalue weighted by Gasteiger charge is 2.27. The first-order chi connectivity index (χ1) is 19.0. The van der Waals surface area contributed by atoms with Gasteiger partial charge in [0, 0.05) is 60.5 Å². The van der Waals surface area contributed by atoms with E-state index in [9.17, 15) is 9.59 Å². The minimum atomic E-state index is -0.0892. The summed E-state index contributed by atoms with van der Waals surface area (Å²) in [6, 6.07) is 17.9. The molecule has 0 bridgehead atoms. The number of hydrogen-bond acceptors (Lipinski definition) is 5. The van der Waals surface area contributed by atoms with Crippen LogP contribution in [0.25, 0.3) is 22.0 Å². The maximum absolute atomic E-state index is 13.3. The van der Waals surface area contributed by atoms with Crippen LogP contribution < -0.4 is 4.74 Å². The monoisotopic (exact) mass is 521 g/mol. The summed E-state index contributed by atoms with van der Waals surface area (Å²) in [5.74, 6) is 1.23. The molecule has 0 unspecified atom stereocenters. The molecule has 6 nitrogen and oxygen atoms in total. The molecule has 2 aromatic heterocycles. The summed E-state index contributed by atoms with van der Waals surface area (Å²) >= 11 is 0. The van der Waals surface area contributed by atoms with E-state index >= 15 is 0 Å². The van der Waals surface area contributed by atoms with E-state index in [4.69, 9.17) is 9.72 Å². The summed E-state index contributed by atoms with van der Waals surface area (Å²) in [6.07, 6.45) is 8.90. The zero-order chi connectivity index (χ0) is 27.4. The van der Waals surface area contributed by atoms with Crippen LogP contribution in [-0.2, 0) is 6.42 Å². The van der Waals surface area contributed by atoms with Gasteiger partial charge < -0.3 is 9.64 Å². The Bertz CT molecular complexity index is 1480. The smallest absolute Gasteiger partial charge is 0.272 e. The molecule has 1 aliphatic carbocycles. The van der Waals surface area contributed by atoms with Gasteiger partial charge in [-0.2, -0.15) is 0 Å². The number of ketones is 1. The highest BCUT2D eigenvalue weighted by Crippen LogP contribution is 2.38. The summed E-state index contributed by atoms with van der Waals surface area (Å²) < 4.78 is 5.75. The van der Waals surface area contributed by atoms with Crippen molar-refractivity contribution >= 4 is 22.6 Å². The van der Waals surface area contributed by atoms with Crippen LogP contribution >= 0.6 is 0 Å². The number of carbonyl (C=O) groups is 2. The molecule has 200 valence electrons. The summed E-state index contributed by atoms with van der Waals surface area (Å²) in [7, 11) is 3.44. The third kappa shape index (κ3) is 6.00. The minimum Gasteiger partial charge on any atom is -0.496 e. The Morgan fingerprint density at radius 1 is 1.03 bits per heavy atom. The first kappa shape index (κ1) is 26.5. The molecule has 0 N–H and O–H groups in total. The number of Topliss-reactive ketones (excluding diaryl/α,β-unsaturated/α-hetero) is 1. The molecule has 5 rings (SSSR count). The Morgan fingerprint density at radius 3 is 2.49 bits per heavy atom. The van der Waals surface area contributed by atoms with Crippen LogP contribution in [0.2, 0.25) is 0 Å². The van der Waals surface area contributed by atoms with Crippen LogP contribution in [-0.4, -0.2) is 47.3 Å². The Balaban J connectivity index is 1.57. The van der Waals surface area contributed by atoms with E-state index in [1.807, 2.05) is 37.4 Å². The van der Waals surface area contributed by atoms with Crippen LogP contribution in [0.15, 0.2) is 67.0 Å². The Labute approximate surface area is 230 Å². The van der Waals surface area contributed by atoms with Crippen molar-refractivity contribution in [1.82, 2.24) is 14.9 Å². The third-order valence-electron chi connectivity index (χ3n) is 7.48. The number of pyridine rings is 2. The number of rotatable bonds is 11. The van der Waals surface area contributed by atoms with Gasteiger partial charge in [0.05, 0.1) is 12.6 Å². The van der Waals surface area contributed by atoms with Crippen molar-refractivity contribution in [3.63, 3.8) is 0 Å². The quantitative estimate of drug-likeness (QED) is 0.204. The van der Waals surface area contributed by atoms with Gasteiger partial charge in [-0.05, 0) is 54.9 Å². The predicted molar refractivity (Wildman–Crippen MR) is 154 cm³/mol. The number of hydrogen-bond donors (Lipinski definition) is 0. The lowest BCUT2D eigenvalue weighted by Crippen LogP contribution is -2.28. The molecule has 1 amide bonds. The SMILES string of the molecule is CCCCN(C)C(=O)c1ccc(-c2cc3c(Cc4ccccc4)c(C(=O)CC4CC4)cnc3cc2OC)cn1. The highest BCUT2D eigenvalue weighted by atomic mass is 16.5. The topological polar surface area (TPSA) is 72.4 Å². The molecule has 0 atom stereocenters. The zero-order valence-corrected chi connectivity index (χ0v) is 22.9. The summed E-state index contributed by atoms with van der Waals surface area (Å²) in [6.45, 7) is 2.81. The van der Waals surface area contributed by atoms with Gasteiger partial charge in [-0.25, -0.2) is 0 Å². The molecule has 1 saturated carbocycles. The molecule has 39 heavy (non-hydrogen) atoms. The van der Waals surface area contributed by atoms with Gasteiger partial charge in [0.1, 0.15) is 11.4 Å². The van der Waals surface area contributed by atoms with Crippen molar-refractivity contribution < 1.29 is 14.3 Å². The van der Waals surface area contributed by atoms with Gasteiger partial charge in [0.25, 0.3) is 5.91 Å². The number of ether oxygens (including phenoxy) is 1. The molecular weight excluding hydrogens is 486 g/mol. The fraction of sp³-hybridized carbons (Fsp3) is 0.333. The predicted octanol–water partition coefficient (Wildman–Crippen LogP) is 6.75. The van der Waals surface area contributed by atoms with Crippen LogP contribution in [0.4, 0.5) is 0 Å². The normalized spacial score (nSPS) is 12.9. The lowest BCUT2D eigenvalue weighted by Gasteiger charge is -2.17. The average Bonchev–Trinajstić information content (AvgIpc) is 3.79. The Hall–Kier alpha value is -4.06. The van der Waals surface area contributed by atoms with E-state index in [1.165, 1.54) is 0 Å². The molecule has 0 spiro atoms. The molecular formula is C33H35N3O3. The number of unbranched alkanes of at least 4 members (excludes halogenated alkanes) is 1. The Morgan fingerprint density at radius 2 is 1.82 bits per heavy atom. The van der Waals surface area contributed by atoms with Crippen LogP contribution in [0.3, 0.4) is 0 Å². The Kier molecular flexibility index (Phi) is 8.01. The molecule has 6 heteroatoms. The minimum absolute atomic E-state index is 0.0892. The molecule has 0 saturated heterocycles. The average molecular weight is 522 g/mol. The number of carbonyl (C=O) groups excluding carboxylic acids is 2. The van der Waals surface area contributed by atoms with Crippen molar-refractivity contribution in [3.8, 4) is 16.9 Å². The van der Waals surface area contributed by atoms with E-state index < -0.39 is 0 Å². The lowest BCUT2D eigenvalue weighted by molar-refractivity contribution is 0.0787. The van der Waals surface area contributed by atoms with Gasteiger partial charge >= 0.3 is 0 Å². The highest BCUT2D eigenvalue weighted by molar-refractivity contribution is 6.03. The first-order valence-corrected chi connectivity index (χ1v) is 13.8. The first-order valence-electron chi connectivity index (χ1n) is 13.8. The van der Waals surface area contributed by atoms with E-state index in [2.05, 4.69) is 30.1 Å². The van der Waals surface area contributed by atoms with E-state index in [1.54, 1.807) is 30.5 Å². The number of benzene rings is 2. The lowest BCUT2D eigenvalue weighted by atomic mass is 9.91. The number of amides is 1. The number of nitrogens with zero attached hydrogens (tertiary/aromatic N) is 3. The zero-order valence-electron chi connectivity index (χ0n) is 22.9. The maximum atomic E-state index is 13.3. The molecule has 1 aliphatic rings. The molecule has 2 heterocycles. The van der Waals surface area contributed by atoms with Crippen molar-refractivity contribution in [3.05, 3.63) is 89.4 Å². The van der Waals surface area contributed by atoms with Crippen LogP contribution in [0.5, 0.6) is 5.75 Å². The standard InChI is InChI=1S/C33H35N3O3/c1-4-5-15-36(2)33(38)29-14-13-24(20-34-29)25-18-27-26(16-22-9-7-6-8-10-22)28(31(37)17-23-11-12-23)21-35-30(27)19-32(25)39-3/h6-10,13-14,18-21,23H,4-5,11-12,15-17H2,1-3H3. The largest absolute Gasteiger partial charge is 0.496 e. The van der Waals surface area contributed by atoms with Gasteiger partial charge in [-0.1, -0.05) is 49.7 Å². The summed E-state index contributed by atoms with van der Waals surface area (Å²) in [5, 5.41) is 0.927. The van der Waals surface area contributed by atoms with Crippen LogP contribution in [0.1, 0.15) is 71.0 Å². The van der Waals surface area contributed by atoms with Crippen molar-refractivity contribution in [2.24, 2.45) is 5.92 Å². The molecule has 0 radical (unpaired) electrons. The fourth-order valence-corrected chi connectivity index (χ4v) is 4.97. The van der Waals surface area contributed by atoms with Crippen molar-refractivity contribution in [2.75, 3.05) is 20.7 Å². The van der Waals surface area contributed by atoms with E-state index in [0.717, 1.165) is 58.8 Å². The summed E-state index contributed by atoms with van der Waals surface area (Å²) in [5.41, 5.74) is 5.69. The molecule has 0 aliphatic heterocycles. The number of aromatic nitrogens is 2.